The van der Waals surface area contributed by atoms with Gasteiger partial charge in [0, 0.05) is 42.0 Å². The summed E-state index contributed by atoms with van der Waals surface area (Å²) in [7, 11) is 1.63. The molecule has 0 radical (unpaired) electrons. The quantitative estimate of drug-likeness (QED) is 0.580. The van der Waals surface area contributed by atoms with Crippen LogP contribution in [0.4, 0.5) is 11.6 Å². The molecule has 32 heavy (non-hydrogen) atoms. The summed E-state index contributed by atoms with van der Waals surface area (Å²) in [5.74, 6) is 0.984. The van der Waals surface area contributed by atoms with Crippen LogP contribution in [0.25, 0.3) is 10.9 Å². The van der Waals surface area contributed by atoms with Gasteiger partial charge in [0.15, 0.2) is 0 Å². The predicted molar refractivity (Wildman–Crippen MR) is 124 cm³/mol. The maximum absolute atomic E-state index is 13.0. The lowest BCUT2D eigenvalue weighted by atomic mass is 10.0. The lowest BCUT2D eigenvalue weighted by Crippen LogP contribution is -2.45. The highest BCUT2D eigenvalue weighted by atomic mass is 16.5. The molecule has 4 rings (SSSR count). The molecule has 2 amide bonds. The van der Waals surface area contributed by atoms with E-state index in [2.05, 4.69) is 27.2 Å². The summed E-state index contributed by atoms with van der Waals surface area (Å²) in [6.07, 6.45) is 4.80. The van der Waals surface area contributed by atoms with Gasteiger partial charge in [-0.2, -0.15) is 0 Å². The van der Waals surface area contributed by atoms with Crippen LogP contribution in [0.1, 0.15) is 23.2 Å². The van der Waals surface area contributed by atoms with E-state index in [1.54, 1.807) is 37.6 Å². The number of carbonyl (C=O) groups is 2. The Bertz CT molecular complexity index is 1150. The van der Waals surface area contributed by atoms with Gasteiger partial charge in [-0.25, -0.2) is 9.97 Å². The van der Waals surface area contributed by atoms with Crippen molar-refractivity contribution in [1.82, 2.24) is 14.9 Å². The minimum atomic E-state index is -0.288. The van der Waals surface area contributed by atoms with Gasteiger partial charge in [0.1, 0.15) is 5.75 Å². The van der Waals surface area contributed by atoms with E-state index in [-0.39, 0.29) is 17.9 Å². The Balaban J connectivity index is 1.40. The van der Waals surface area contributed by atoms with E-state index < -0.39 is 0 Å². The molecular weight excluding hydrogens is 406 g/mol. The number of carbonyl (C=O) groups excluding carboxylic acids is 2. The van der Waals surface area contributed by atoms with E-state index in [0.29, 0.717) is 30.3 Å². The molecule has 164 valence electrons. The van der Waals surface area contributed by atoms with Gasteiger partial charge >= 0.3 is 0 Å². The van der Waals surface area contributed by atoms with Crippen LogP contribution in [-0.2, 0) is 4.79 Å². The van der Waals surface area contributed by atoms with Crippen LogP contribution in [0.15, 0.2) is 61.3 Å². The molecule has 1 atom stereocenters. The van der Waals surface area contributed by atoms with Crippen LogP contribution in [0.5, 0.6) is 5.75 Å². The maximum Gasteiger partial charge on any atom is 0.253 e. The number of nitrogens with one attached hydrogen (secondary N) is 2. The summed E-state index contributed by atoms with van der Waals surface area (Å²) >= 11 is 0. The van der Waals surface area contributed by atoms with Crippen LogP contribution in [0.2, 0.25) is 0 Å². The van der Waals surface area contributed by atoms with Crippen LogP contribution >= 0.6 is 0 Å². The lowest BCUT2D eigenvalue weighted by Gasteiger charge is -2.33. The molecule has 8 nitrogen and oxygen atoms in total. The Kier molecular flexibility index (Phi) is 6.30. The summed E-state index contributed by atoms with van der Waals surface area (Å²) in [4.78, 5) is 35.2. The Morgan fingerprint density at radius 3 is 2.78 bits per heavy atom. The second-order valence-corrected chi connectivity index (χ2v) is 7.62. The van der Waals surface area contributed by atoms with Crippen molar-refractivity contribution in [2.45, 2.75) is 18.9 Å². The first-order valence-electron chi connectivity index (χ1n) is 10.5. The topological polar surface area (TPSA) is 96.5 Å². The highest BCUT2D eigenvalue weighted by Crippen LogP contribution is 2.21. The van der Waals surface area contributed by atoms with Crippen molar-refractivity contribution in [3.05, 3.63) is 66.9 Å². The third kappa shape index (κ3) is 4.85. The van der Waals surface area contributed by atoms with E-state index in [9.17, 15) is 9.59 Å². The molecule has 3 aromatic rings. The number of hydrogen-bond acceptors (Lipinski definition) is 6. The molecule has 1 aliphatic heterocycles. The molecule has 1 saturated heterocycles. The summed E-state index contributed by atoms with van der Waals surface area (Å²) in [6, 6.07) is 12.6. The number of nitrogens with zero attached hydrogens (tertiary/aromatic N) is 3. The predicted octanol–water partition coefficient (Wildman–Crippen LogP) is 3.48. The second kappa shape index (κ2) is 9.47. The first-order valence-corrected chi connectivity index (χ1v) is 10.5. The molecule has 0 bridgehead atoms. The largest absolute Gasteiger partial charge is 0.497 e. The number of amides is 2. The minimum Gasteiger partial charge on any atom is -0.497 e. The SMILES string of the molecule is C=CC(=O)Nc1ccc(C(=O)N2CCCC(Nc3ncc4cc(OC)ccc4n3)C2)cc1. The number of piperidine rings is 1. The van der Waals surface area contributed by atoms with Crippen molar-refractivity contribution < 1.29 is 14.3 Å². The van der Waals surface area contributed by atoms with Crippen molar-refractivity contribution in [3.63, 3.8) is 0 Å². The van der Waals surface area contributed by atoms with Crippen molar-refractivity contribution in [2.75, 3.05) is 30.8 Å². The number of fused-ring (bicyclic) bond motifs is 1. The zero-order chi connectivity index (χ0) is 22.5. The number of hydrogen-bond donors (Lipinski definition) is 2. The normalized spacial score (nSPS) is 15.8. The fraction of sp³-hybridized carbons (Fsp3) is 0.250. The Morgan fingerprint density at radius 2 is 2.03 bits per heavy atom. The van der Waals surface area contributed by atoms with E-state index in [1.165, 1.54) is 6.08 Å². The third-order valence-corrected chi connectivity index (χ3v) is 5.41. The van der Waals surface area contributed by atoms with Gasteiger partial charge in [0.05, 0.1) is 12.6 Å². The number of methoxy groups -OCH3 is 1. The number of benzene rings is 2. The van der Waals surface area contributed by atoms with Gasteiger partial charge in [-0.15, -0.1) is 0 Å². The molecule has 2 heterocycles. The number of anilines is 2. The van der Waals surface area contributed by atoms with E-state index >= 15 is 0 Å². The molecule has 1 unspecified atom stereocenters. The van der Waals surface area contributed by atoms with Gasteiger partial charge in [-0.1, -0.05) is 6.58 Å². The summed E-state index contributed by atoms with van der Waals surface area (Å²) in [6.45, 7) is 4.70. The molecular formula is C24H25N5O3. The average Bonchev–Trinajstić information content (AvgIpc) is 2.83. The highest BCUT2D eigenvalue weighted by Gasteiger charge is 2.25. The van der Waals surface area contributed by atoms with Gasteiger partial charge in [0.25, 0.3) is 5.91 Å². The summed E-state index contributed by atoms with van der Waals surface area (Å²) < 4.78 is 5.24. The second-order valence-electron chi connectivity index (χ2n) is 7.62. The Hall–Kier alpha value is -3.94. The molecule has 1 aliphatic rings. The molecule has 0 saturated carbocycles. The first-order chi connectivity index (χ1) is 15.6. The Morgan fingerprint density at radius 1 is 1.22 bits per heavy atom. The fourth-order valence-electron chi connectivity index (χ4n) is 3.74. The standard InChI is InChI=1S/C24H25N5O3/c1-3-22(30)26-18-8-6-16(7-9-18)23(31)29-12-4-5-19(15-29)27-24-25-14-17-13-20(32-2)10-11-21(17)28-24/h3,6-11,13-14,19H,1,4-5,12,15H2,2H3,(H,26,30)(H,25,27,28). The van der Waals surface area contributed by atoms with Gasteiger partial charge in [-0.05, 0) is 61.4 Å². The number of likely N-dealkylation sites (tertiary alicyclic amines) is 1. The lowest BCUT2D eigenvalue weighted by molar-refractivity contribution is -0.111. The van der Waals surface area contributed by atoms with Crippen LogP contribution in [-0.4, -0.2) is 52.9 Å². The van der Waals surface area contributed by atoms with Crippen molar-refractivity contribution >= 4 is 34.4 Å². The molecule has 1 fully saturated rings. The van der Waals surface area contributed by atoms with E-state index in [1.807, 2.05) is 23.1 Å². The minimum absolute atomic E-state index is 0.0374. The molecule has 2 N–H and O–H groups in total. The highest BCUT2D eigenvalue weighted by molar-refractivity contribution is 5.99. The van der Waals surface area contributed by atoms with Crippen molar-refractivity contribution in [1.29, 1.82) is 0 Å². The van der Waals surface area contributed by atoms with Gasteiger partial charge in [0.2, 0.25) is 11.9 Å². The molecule has 1 aromatic heterocycles. The summed E-state index contributed by atoms with van der Waals surface area (Å²) in [5, 5.41) is 6.95. The smallest absolute Gasteiger partial charge is 0.253 e. The van der Waals surface area contributed by atoms with Gasteiger partial charge < -0.3 is 20.3 Å². The average molecular weight is 431 g/mol. The molecule has 0 aliphatic carbocycles. The number of aromatic nitrogens is 2. The monoisotopic (exact) mass is 431 g/mol. The zero-order valence-corrected chi connectivity index (χ0v) is 17.9. The van der Waals surface area contributed by atoms with Crippen molar-refractivity contribution in [2.24, 2.45) is 0 Å². The van der Waals surface area contributed by atoms with E-state index in [0.717, 1.165) is 29.5 Å². The fourth-order valence-corrected chi connectivity index (χ4v) is 3.74. The molecule has 0 spiro atoms. The van der Waals surface area contributed by atoms with Gasteiger partial charge in [-0.3, -0.25) is 9.59 Å². The van der Waals surface area contributed by atoms with Crippen LogP contribution in [0, 0.1) is 0 Å². The number of rotatable bonds is 6. The van der Waals surface area contributed by atoms with E-state index in [4.69, 9.17) is 4.74 Å². The van der Waals surface area contributed by atoms with Crippen molar-refractivity contribution in [3.8, 4) is 5.75 Å². The number of ether oxygens (including phenoxy) is 1. The van der Waals surface area contributed by atoms with Crippen LogP contribution < -0.4 is 15.4 Å². The zero-order valence-electron chi connectivity index (χ0n) is 17.9. The summed E-state index contributed by atoms with van der Waals surface area (Å²) in [5.41, 5.74) is 2.03. The third-order valence-electron chi connectivity index (χ3n) is 5.41. The Labute approximate surface area is 186 Å². The maximum atomic E-state index is 13.0. The van der Waals surface area contributed by atoms with Crippen LogP contribution in [0.3, 0.4) is 0 Å². The first kappa shape index (κ1) is 21.3. The molecule has 2 aromatic carbocycles. The molecule has 8 heteroatoms.